The van der Waals surface area contributed by atoms with Crippen LogP contribution in [0.2, 0.25) is 0 Å². The van der Waals surface area contributed by atoms with Gasteiger partial charge in [0.2, 0.25) is 0 Å². The number of aryl methyl sites for hydroxylation is 2. The van der Waals surface area contributed by atoms with Gasteiger partial charge in [-0.25, -0.2) is 0 Å². The Labute approximate surface area is 126 Å². The van der Waals surface area contributed by atoms with Gasteiger partial charge in [0.1, 0.15) is 0 Å². The number of benzene rings is 1. The molecule has 3 heteroatoms. The Hall–Kier alpha value is -0.900. The molecule has 4 rings (SSSR count). The first-order valence-corrected chi connectivity index (χ1v) is 8.28. The van der Waals surface area contributed by atoms with Crippen molar-refractivity contribution in [3.8, 4) is 0 Å². The lowest BCUT2D eigenvalue weighted by molar-refractivity contribution is -0.202. The monoisotopic (exact) mass is 288 g/mol. The molecule has 0 bridgehead atoms. The zero-order valence-electron chi connectivity index (χ0n) is 12.6. The van der Waals surface area contributed by atoms with E-state index in [4.69, 9.17) is 9.47 Å². The molecule has 0 unspecified atom stereocenters. The Morgan fingerprint density at radius 1 is 0.952 bits per heavy atom. The van der Waals surface area contributed by atoms with Crippen molar-refractivity contribution >= 4 is 0 Å². The van der Waals surface area contributed by atoms with Crippen LogP contribution in [0.3, 0.4) is 0 Å². The molecule has 3 aliphatic rings. The Kier molecular flexibility index (Phi) is 3.32. The summed E-state index contributed by atoms with van der Waals surface area (Å²) in [6.07, 6.45) is 7.62. The maximum atomic E-state index is 10.9. The fourth-order valence-electron chi connectivity index (χ4n) is 4.17. The third-order valence-corrected chi connectivity index (χ3v) is 5.45. The molecule has 1 aromatic carbocycles. The molecule has 1 aromatic rings. The quantitative estimate of drug-likeness (QED) is 0.909. The average Bonchev–Trinajstić information content (AvgIpc) is 3.12. The van der Waals surface area contributed by atoms with Gasteiger partial charge in [-0.05, 0) is 48.8 Å². The molecule has 3 nitrogen and oxygen atoms in total. The van der Waals surface area contributed by atoms with Crippen LogP contribution in [0.1, 0.15) is 48.8 Å². The molecule has 1 aliphatic heterocycles. The van der Waals surface area contributed by atoms with Crippen molar-refractivity contribution in [2.45, 2.75) is 62.8 Å². The molecule has 114 valence electrons. The number of rotatable bonds is 2. The first kappa shape index (κ1) is 13.7. The van der Waals surface area contributed by atoms with E-state index in [-0.39, 0.29) is 5.79 Å². The number of ether oxygens (including phenoxy) is 2. The molecular formula is C18H24O3. The van der Waals surface area contributed by atoms with Gasteiger partial charge < -0.3 is 14.6 Å². The van der Waals surface area contributed by atoms with Gasteiger partial charge in [-0.1, -0.05) is 18.2 Å². The van der Waals surface area contributed by atoms with Gasteiger partial charge in [-0.2, -0.15) is 0 Å². The van der Waals surface area contributed by atoms with Gasteiger partial charge in [-0.3, -0.25) is 0 Å². The van der Waals surface area contributed by atoms with E-state index in [1.807, 2.05) is 0 Å². The molecule has 0 aromatic heterocycles. The van der Waals surface area contributed by atoms with Crippen LogP contribution in [0.5, 0.6) is 0 Å². The highest BCUT2D eigenvalue weighted by Crippen LogP contribution is 2.41. The van der Waals surface area contributed by atoms with Crippen LogP contribution >= 0.6 is 0 Å². The predicted molar refractivity (Wildman–Crippen MR) is 80.2 cm³/mol. The van der Waals surface area contributed by atoms with E-state index in [1.54, 1.807) is 0 Å². The van der Waals surface area contributed by atoms with Gasteiger partial charge in [0.25, 0.3) is 0 Å². The van der Waals surface area contributed by atoms with E-state index in [0.29, 0.717) is 13.2 Å². The average molecular weight is 288 g/mol. The van der Waals surface area contributed by atoms with Crippen molar-refractivity contribution in [3.05, 3.63) is 34.9 Å². The first-order valence-electron chi connectivity index (χ1n) is 8.28. The van der Waals surface area contributed by atoms with E-state index < -0.39 is 5.60 Å². The van der Waals surface area contributed by atoms with E-state index in [0.717, 1.165) is 32.1 Å². The van der Waals surface area contributed by atoms with Gasteiger partial charge in [0.15, 0.2) is 5.79 Å². The van der Waals surface area contributed by atoms with Crippen LogP contribution in [-0.2, 0) is 28.7 Å². The summed E-state index contributed by atoms with van der Waals surface area (Å²) >= 11 is 0. The maximum absolute atomic E-state index is 10.9. The molecule has 0 atom stereocenters. The van der Waals surface area contributed by atoms with E-state index >= 15 is 0 Å². The van der Waals surface area contributed by atoms with Crippen molar-refractivity contribution in [2.75, 3.05) is 13.2 Å². The van der Waals surface area contributed by atoms with Crippen molar-refractivity contribution in [2.24, 2.45) is 0 Å². The fraction of sp³-hybridized carbons (Fsp3) is 0.667. The minimum atomic E-state index is -0.590. The number of hydrogen-bond donors (Lipinski definition) is 1. The molecule has 1 saturated heterocycles. The topological polar surface area (TPSA) is 38.7 Å². The van der Waals surface area contributed by atoms with E-state index in [1.165, 1.54) is 36.0 Å². The van der Waals surface area contributed by atoms with Gasteiger partial charge in [0, 0.05) is 19.3 Å². The second-order valence-electron chi connectivity index (χ2n) is 6.97. The fourth-order valence-corrected chi connectivity index (χ4v) is 4.17. The number of fused-ring (bicyclic) bond motifs is 1. The molecular weight excluding hydrogens is 264 g/mol. The summed E-state index contributed by atoms with van der Waals surface area (Å²) in [5, 5.41) is 10.9. The summed E-state index contributed by atoms with van der Waals surface area (Å²) in [6.45, 7) is 1.40. The highest BCUT2D eigenvalue weighted by Gasteiger charge is 2.45. The van der Waals surface area contributed by atoms with Gasteiger partial charge in [-0.15, -0.1) is 0 Å². The molecule has 1 N–H and O–H groups in total. The zero-order chi connectivity index (χ0) is 14.3. The Morgan fingerprint density at radius 2 is 1.67 bits per heavy atom. The molecule has 1 saturated carbocycles. The molecule has 2 fully saturated rings. The van der Waals surface area contributed by atoms with Gasteiger partial charge in [0.05, 0.1) is 18.8 Å². The summed E-state index contributed by atoms with van der Waals surface area (Å²) in [7, 11) is 0. The lowest BCUT2D eigenvalue weighted by Gasteiger charge is -2.40. The van der Waals surface area contributed by atoms with Crippen LogP contribution in [0.25, 0.3) is 0 Å². The third-order valence-electron chi connectivity index (χ3n) is 5.45. The van der Waals surface area contributed by atoms with Crippen LogP contribution < -0.4 is 0 Å². The molecule has 0 amide bonds. The van der Waals surface area contributed by atoms with Crippen molar-refractivity contribution in [1.29, 1.82) is 0 Å². The molecule has 1 spiro atoms. The molecule has 1 heterocycles. The highest BCUT2D eigenvalue weighted by molar-refractivity contribution is 5.35. The number of aliphatic hydroxyl groups is 1. The van der Waals surface area contributed by atoms with Crippen LogP contribution in [0.4, 0.5) is 0 Å². The Balaban J connectivity index is 1.44. The highest BCUT2D eigenvalue weighted by atomic mass is 16.7. The normalized spacial score (nSPS) is 26.1. The first-order chi connectivity index (χ1) is 10.2. The predicted octanol–water partition coefficient (Wildman–Crippen LogP) is 2.77. The van der Waals surface area contributed by atoms with Crippen molar-refractivity contribution < 1.29 is 14.6 Å². The van der Waals surface area contributed by atoms with Crippen LogP contribution in [-0.4, -0.2) is 29.7 Å². The second kappa shape index (κ2) is 5.08. The lowest BCUT2D eigenvalue weighted by Crippen LogP contribution is -2.44. The summed E-state index contributed by atoms with van der Waals surface area (Å²) in [4.78, 5) is 0. The summed E-state index contributed by atoms with van der Waals surface area (Å²) in [6, 6.07) is 6.77. The largest absolute Gasteiger partial charge is 0.390 e. The molecule has 2 aliphatic carbocycles. The van der Waals surface area contributed by atoms with E-state index in [2.05, 4.69) is 18.2 Å². The standard InChI is InChI=1S/C18H24O3/c19-17(6-8-18(9-7-17)20-10-11-21-18)13-14-4-5-15-2-1-3-16(15)12-14/h4-5,12,19H,1-3,6-11,13H2. The summed E-state index contributed by atoms with van der Waals surface area (Å²) in [5.41, 5.74) is 3.68. The molecule has 0 radical (unpaired) electrons. The Bertz CT molecular complexity index is 521. The van der Waals surface area contributed by atoms with Gasteiger partial charge >= 0.3 is 0 Å². The smallest absolute Gasteiger partial charge is 0.168 e. The second-order valence-corrected chi connectivity index (χ2v) is 6.97. The molecule has 21 heavy (non-hydrogen) atoms. The number of hydrogen-bond acceptors (Lipinski definition) is 3. The van der Waals surface area contributed by atoms with Crippen LogP contribution in [0, 0.1) is 0 Å². The maximum Gasteiger partial charge on any atom is 0.168 e. The Morgan fingerprint density at radius 3 is 2.43 bits per heavy atom. The summed E-state index contributed by atoms with van der Waals surface area (Å²) in [5.74, 6) is -0.385. The minimum Gasteiger partial charge on any atom is -0.390 e. The summed E-state index contributed by atoms with van der Waals surface area (Å²) < 4.78 is 11.5. The third kappa shape index (κ3) is 2.63. The van der Waals surface area contributed by atoms with Crippen molar-refractivity contribution in [1.82, 2.24) is 0 Å². The zero-order valence-corrected chi connectivity index (χ0v) is 12.6. The van der Waals surface area contributed by atoms with E-state index in [9.17, 15) is 5.11 Å². The lowest BCUT2D eigenvalue weighted by atomic mass is 9.77. The van der Waals surface area contributed by atoms with Crippen LogP contribution in [0.15, 0.2) is 18.2 Å². The minimum absolute atomic E-state index is 0.385. The van der Waals surface area contributed by atoms with Crippen molar-refractivity contribution in [3.63, 3.8) is 0 Å². The SMILES string of the molecule is OC1(Cc2ccc3c(c2)CCC3)CCC2(CC1)OCCO2.